The number of nitro groups is 1. The second-order valence-electron chi connectivity index (χ2n) is 7.63. The van der Waals surface area contributed by atoms with Crippen LogP contribution >= 0.6 is 0 Å². The average Bonchev–Trinajstić information content (AvgIpc) is 3.29. The van der Waals surface area contributed by atoms with Crippen LogP contribution in [0.1, 0.15) is 31.4 Å². The van der Waals surface area contributed by atoms with E-state index >= 15 is 0 Å². The van der Waals surface area contributed by atoms with Gasteiger partial charge in [0.15, 0.2) is 0 Å². The highest BCUT2D eigenvalue weighted by molar-refractivity contribution is 7.89. The van der Waals surface area contributed by atoms with Gasteiger partial charge in [0.25, 0.3) is 5.69 Å². The minimum absolute atomic E-state index is 0.00164. The maximum Gasteiger partial charge on any atom is 0.269 e. The number of hydrogen-bond acceptors (Lipinski definition) is 6. The molecule has 2 aromatic carbocycles. The van der Waals surface area contributed by atoms with Crippen LogP contribution in [0.15, 0.2) is 53.4 Å². The van der Waals surface area contributed by atoms with Crippen molar-refractivity contribution in [2.45, 2.75) is 30.7 Å². The van der Waals surface area contributed by atoms with E-state index in [1.165, 1.54) is 28.6 Å². The molecule has 0 saturated carbocycles. The molecule has 166 valence electrons. The predicted molar refractivity (Wildman–Crippen MR) is 117 cm³/mol. The molecule has 0 aliphatic carbocycles. The molecule has 1 saturated heterocycles. The van der Waals surface area contributed by atoms with Gasteiger partial charge in [-0.1, -0.05) is 18.2 Å². The topological polar surface area (TPSA) is 113 Å². The smallest absolute Gasteiger partial charge is 0.269 e. The number of hydrogen-bond donors (Lipinski definition) is 1. The Labute approximate surface area is 181 Å². The Kier molecular flexibility index (Phi) is 7.04. The number of nitrogens with zero attached hydrogens (tertiary/aromatic N) is 3. The Bertz CT molecular complexity index is 1070. The van der Waals surface area contributed by atoms with Crippen molar-refractivity contribution in [2.75, 3.05) is 32.0 Å². The number of nitro benzene ring substituents is 1. The van der Waals surface area contributed by atoms with Gasteiger partial charge in [-0.2, -0.15) is 4.31 Å². The molecule has 1 amide bonds. The first-order valence-electron chi connectivity index (χ1n) is 10.0. The third-order valence-electron chi connectivity index (χ3n) is 5.44. The fourth-order valence-corrected chi connectivity index (χ4v) is 5.09. The number of carbonyl (C=O) groups excluding carboxylic acids is 1. The molecule has 1 aliphatic rings. The molecule has 0 radical (unpaired) electrons. The third-order valence-corrected chi connectivity index (χ3v) is 7.33. The van der Waals surface area contributed by atoms with Crippen molar-refractivity contribution in [2.24, 2.45) is 0 Å². The molecule has 0 spiro atoms. The van der Waals surface area contributed by atoms with E-state index < -0.39 is 14.9 Å². The number of amides is 1. The summed E-state index contributed by atoms with van der Waals surface area (Å²) in [7, 11) is -1.82. The Hall–Kier alpha value is -2.82. The Morgan fingerprint density at radius 2 is 1.87 bits per heavy atom. The van der Waals surface area contributed by atoms with Crippen molar-refractivity contribution >= 4 is 27.3 Å². The van der Waals surface area contributed by atoms with Crippen LogP contribution in [0, 0.1) is 10.1 Å². The van der Waals surface area contributed by atoms with E-state index in [1.54, 1.807) is 36.2 Å². The third kappa shape index (κ3) is 5.46. The van der Waals surface area contributed by atoms with Crippen molar-refractivity contribution < 1.29 is 18.1 Å². The maximum atomic E-state index is 12.7. The Morgan fingerprint density at radius 3 is 2.55 bits per heavy atom. The zero-order chi connectivity index (χ0) is 22.6. The quantitative estimate of drug-likeness (QED) is 0.493. The number of benzene rings is 2. The molecular formula is C21H26N4O5S. The van der Waals surface area contributed by atoms with Crippen LogP contribution in [0.5, 0.6) is 0 Å². The van der Waals surface area contributed by atoms with Gasteiger partial charge in [-0.15, -0.1) is 0 Å². The molecule has 1 N–H and O–H groups in total. The number of carbonyl (C=O) groups is 1. The Balaban J connectivity index is 1.65. The minimum Gasteiger partial charge on any atom is -0.325 e. The van der Waals surface area contributed by atoms with Crippen LogP contribution in [-0.4, -0.2) is 55.1 Å². The van der Waals surface area contributed by atoms with Gasteiger partial charge in [-0.05, 0) is 50.6 Å². The summed E-state index contributed by atoms with van der Waals surface area (Å²) in [5.74, 6) is -0.310. The number of likely N-dealkylation sites (N-methyl/N-ethyl adjacent to an activating group) is 1. The van der Waals surface area contributed by atoms with Gasteiger partial charge in [-0.3, -0.25) is 19.8 Å². The van der Waals surface area contributed by atoms with Gasteiger partial charge in [0, 0.05) is 37.0 Å². The van der Waals surface area contributed by atoms with Crippen molar-refractivity contribution in [1.29, 1.82) is 0 Å². The zero-order valence-corrected chi connectivity index (χ0v) is 18.3. The lowest BCUT2D eigenvalue weighted by Gasteiger charge is -2.24. The van der Waals surface area contributed by atoms with Crippen LogP contribution in [0.4, 0.5) is 11.4 Å². The van der Waals surface area contributed by atoms with Gasteiger partial charge in [0.05, 0.1) is 16.4 Å². The molecule has 31 heavy (non-hydrogen) atoms. The SMILES string of the molecule is CC(c1cccc([N+](=O)[O-])c1)N(C)CC(=O)Nc1cccc(S(=O)(=O)N2CCCC2)c1. The van der Waals surface area contributed by atoms with Crippen LogP contribution in [0.3, 0.4) is 0 Å². The first kappa shape index (κ1) is 22.9. The lowest BCUT2D eigenvalue weighted by molar-refractivity contribution is -0.384. The van der Waals surface area contributed by atoms with E-state index in [2.05, 4.69) is 5.32 Å². The Morgan fingerprint density at radius 1 is 1.19 bits per heavy atom. The van der Waals surface area contributed by atoms with Gasteiger partial charge in [-0.25, -0.2) is 8.42 Å². The van der Waals surface area contributed by atoms with E-state index in [-0.39, 0.29) is 29.1 Å². The molecule has 1 unspecified atom stereocenters. The molecule has 1 atom stereocenters. The predicted octanol–water partition coefficient (Wildman–Crippen LogP) is 3.01. The van der Waals surface area contributed by atoms with Gasteiger partial charge in [0.1, 0.15) is 0 Å². The normalized spacial score (nSPS) is 15.7. The van der Waals surface area contributed by atoms with Crippen molar-refractivity contribution in [3.63, 3.8) is 0 Å². The number of non-ortho nitro benzene ring substituents is 1. The molecule has 9 nitrogen and oxygen atoms in total. The summed E-state index contributed by atoms with van der Waals surface area (Å²) in [5, 5.41) is 13.7. The first-order valence-corrected chi connectivity index (χ1v) is 11.5. The molecule has 0 aromatic heterocycles. The second-order valence-corrected chi connectivity index (χ2v) is 9.57. The summed E-state index contributed by atoms with van der Waals surface area (Å²) >= 11 is 0. The summed E-state index contributed by atoms with van der Waals surface area (Å²) in [6.45, 7) is 2.92. The van der Waals surface area contributed by atoms with Crippen LogP contribution in [-0.2, 0) is 14.8 Å². The molecule has 0 bridgehead atoms. The number of sulfonamides is 1. The summed E-state index contributed by atoms with van der Waals surface area (Å²) in [5.41, 5.74) is 1.13. The fourth-order valence-electron chi connectivity index (χ4n) is 3.53. The number of anilines is 1. The van der Waals surface area contributed by atoms with Gasteiger partial charge < -0.3 is 5.32 Å². The summed E-state index contributed by atoms with van der Waals surface area (Å²) in [4.78, 5) is 25.0. The highest BCUT2D eigenvalue weighted by atomic mass is 32.2. The molecule has 2 aromatic rings. The second kappa shape index (κ2) is 9.54. The van der Waals surface area contributed by atoms with Crippen LogP contribution in [0.25, 0.3) is 0 Å². The first-order chi connectivity index (χ1) is 14.7. The van der Waals surface area contributed by atoms with Gasteiger partial charge >= 0.3 is 0 Å². The molecule has 1 fully saturated rings. The zero-order valence-electron chi connectivity index (χ0n) is 17.5. The van der Waals surface area contributed by atoms with E-state index in [1.807, 2.05) is 6.92 Å². The highest BCUT2D eigenvalue weighted by Crippen LogP contribution is 2.24. The van der Waals surface area contributed by atoms with Crippen molar-refractivity contribution in [3.05, 3.63) is 64.2 Å². The highest BCUT2D eigenvalue weighted by Gasteiger charge is 2.27. The van der Waals surface area contributed by atoms with E-state index in [4.69, 9.17) is 0 Å². The summed E-state index contributed by atoms with van der Waals surface area (Å²) < 4.78 is 26.9. The molecule has 3 rings (SSSR count). The monoisotopic (exact) mass is 446 g/mol. The van der Waals surface area contributed by atoms with Crippen LogP contribution in [0.2, 0.25) is 0 Å². The van der Waals surface area contributed by atoms with Crippen LogP contribution < -0.4 is 5.32 Å². The lowest BCUT2D eigenvalue weighted by atomic mass is 10.1. The number of nitrogens with one attached hydrogen (secondary N) is 1. The lowest BCUT2D eigenvalue weighted by Crippen LogP contribution is -2.32. The molecule has 1 heterocycles. The summed E-state index contributed by atoms with van der Waals surface area (Å²) in [6.07, 6.45) is 1.70. The van der Waals surface area contributed by atoms with E-state index in [0.717, 1.165) is 18.4 Å². The van der Waals surface area contributed by atoms with Crippen molar-refractivity contribution in [3.8, 4) is 0 Å². The van der Waals surface area contributed by atoms with E-state index in [0.29, 0.717) is 18.8 Å². The van der Waals surface area contributed by atoms with Crippen molar-refractivity contribution in [1.82, 2.24) is 9.21 Å². The summed E-state index contributed by atoms with van der Waals surface area (Å²) in [6, 6.07) is 12.3. The molecule has 1 aliphatic heterocycles. The average molecular weight is 447 g/mol. The fraction of sp³-hybridized carbons (Fsp3) is 0.381. The van der Waals surface area contributed by atoms with Gasteiger partial charge in [0.2, 0.25) is 15.9 Å². The van der Waals surface area contributed by atoms with E-state index in [9.17, 15) is 23.3 Å². The molecular weight excluding hydrogens is 420 g/mol. The maximum absolute atomic E-state index is 12.7. The largest absolute Gasteiger partial charge is 0.325 e. The standard InChI is InChI=1S/C21H26N4O5S/c1-16(17-7-5-9-19(13-17)25(27)28)23(2)15-21(26)22-18-8-6-10-20(14-18)31(29,30)24-11-3-4-12-24/h5-10,13-14,16H,3-4,11-12,15H2,1-2H3,(H,22,26). The minimum atomic E-state index is -3.56. The molecule has 10 heteroatoms. The number of rotatable bonds is 8.